The second-order valence-electron chi connectivity index (χ2n) is 7.21. The van der Waals surface area contributed by atoms with Crippen molar-refractivity contribution in [2.75, 3.05) is 0 Å². The van der Waals surface area contributed by atoms with E-state index >= 15 is 0 Å². The first-order chi connectivity index (χ1) is 16.0. The minimum absolute atomic E-state index is 0.0514. The quantitative estimate of drug-likeness (QED) is 0.201. The smallest absolute Gasteiger partial charge is 0.345 e. The number of esters is 1. The molecule has 0 spiro atoms. The maximum atomic E-state index is 12.9. The van der Waals surface area contributed by atoms with E-state index in [0.717, 1.165) is 10.8 Å². The standard InChI is InChI=1S/C26H14Cl2O5/c27-17-6-9-20(22(28)12-17)26(30)33-19-8-10-21-23(13-19)31-14-24(25(21)29)32-18-7-5-15-3-1-2-4-16(15)11-18/h1-14H. The van der Waals surface area contributed by atoms with Gasteiger partial charge in [-0.25, -0.2) is 4.79 Å². The zero-order valence-corrected chi connectivity index (χ0v) is 18.4. The monoisotopic (exact) mass is 476 g/mol. The van der Waals surface area contributed by atoms with Crippen molar-refractivity contribution in [3.63, 3.8) is 0 Å². The lowest BCUT2D eigenvalue weighted by Crippen LogP contribution is -2.09. The number of hydrogen-bond donors (Lipinski definition) is 0. The number of halogens is 2. The number of hydrogen-bond acceptors (Lipinski definition) is 5. The predicted octanol–water partition coefficient (Wildman–Crippen LogP) is 7.26. The van der Waals surface area contributed by atoms with Crippen LogP contribution in [0.25, 0.3) is 21.7 Å². The highest BCUT2D eigenvalue weighted by molar-refractivity contribution is 6.36. The molecule has 0 N–H and O–H groups in total. The van der Waals surface area contributed by atoms with Crippen molar-refractivity contribution in [1.29, 1.82) is 0 Å². The third-order valence-electron chi connectivity index (χ3n) is 5.02. The summed E-state index contributed by atoms with van der Waals surface area (Å²) in [6.07, 6.45) is 1.24. The van der Waals surface area contributed by atoms with Crippen LogP contribution in [0.1, 0.15) is 10.4 Å². The fraction of sp³-hybridized carbons (Fsp3) is 0. The van der Waals surface area contributed by atoms with E-state index in [9.17, 15) is 9.59 Å². The van der Waals surface area contributed by atoms with Crippen LogP contribution in [0.3, 0.4) is 0 Å². The maximum Gasteiger partial charge on any atom is 0.345 e. The summed E-state index contributed by atoms with van der Waals surface area (Å²) in [7, 11) is 0. The highest BCUT2D eigenvalue weighted by Crippen LogP contribution is 2.28. The van der Waals surface area contributed by atoms with E-state index < -0.39 is 5.97 Å². The van der Waals surface area contributed by atoms with Gasteiger partial charge in [-0.1, -0.05) is 53.5 Å². The van der Waals surface area contributed by atoms with Crippen LogP contribution in [0.5, 0.6) is 17.2 Å². The highest BCUT2D eigenvalue weighted by atomic mass is 35.5. The van der Waals surface area contributed by atoms with Gasteiger partial charge in [0.15, 0.2) is 0 Å². The molecule has 0 fully saturated rings. The Balaban J connectivity index is 1.41. The zero-order chi connectivity index (χ0) is 22.9. The number of fused-ring (bicyclic) bond motifs is 2. The summed E-state index contributed by atoms with van der Waals surface area (Å²) >= 11 is 11.9. The van der Waals surface area contributed by atoms with E-state index in [1.807, 2.05) is 36.4 Å². The molecule has 5 aromatic rings. The van der Waals surface area contributed by atoms with Crippen LogP contribution in [0.15, 0.2) is 94.3 Å². The molecule has 0 unspecified atom stereocenters. The lowest BCUT2D eigenvalue weighted by atomic mass is 10.1. The average Bonchev–Trinajstić information content (AvgIpc) is 2.81. The van der Waals surface area contributed by atoms with Crippen LogP contribution in [0, 0.1) is 0 Å². The highest BCUT2D eigenvalue weighted by Gasteiger charge is 2.15. The molecule has 0 aliphatic heterocycles. The summed E-state index contributed by atoms with van der Waals surface area (Å²) < 4.78 is 16.8. The Morgan fingerprint density at radius 2 is 1.61 bits per heavy atom. The van der Waals surface area contributed by atoms with Gasteiger partial charge in [0.05, 0.1) is 16.0 Å². The molecule has 0 amide bonds. The van der Waals surface area contributed by atoms with Gasteiger partial charge in [0.2, 0.25) is 11.2 Å². The van der Waals surface area contributed by atoms with Gasteiger partial charge in [0.25, 0.3) is 0 Å². The van der Waals surface area contributed by atoms with Gasteiger partial charge in [-0.2, -0.15) is 0 Å². The molecule has 7 heteroatoms. The minimum atomic E-state index is -0.658. The second-order valence-corrected chi connectivity index (χ2v) is 8.06. The van der Waals surface area contributed by atoms with Crippen molar-refractivity contribution in [2.24, 2.45) is 0 Å². The number of benzene rings is 4. The molecular weight excluding hydrogens is 463 g/mol. The van der Waals surface area contributed by atoms with Crippen molar-refractivity contribution in [3.05, 3.63) is 111 Å². The minimum Gasteiger partial charge on any atom is -0.460 e. The van der Waals surface area contributed by atoms with E-state index in [2.05, 4.69) is 0 Å². The second kappa shape index (κ2) is 8.62. The van der Waals surface area contributed by atoms with Crippen LogP contribution in [0.4, 0.5) is 0 Å². The Morgan fingerprint density at radius 1 is 0.818 bits per heavy atom. The van der Waals surface area contributed by atoms with E-state index in [4.69, 9.17) is 37.1 Å². The van der Waals surface area contributed by atoms with E-state index in [1.54, 1.807) is 12.1 Å². The van der Waals surface area contributed by atoms with Crippen LogP contribution in [-0.4, -0.2) is 5.97 Å². The SMILES string of the molecule is O=C(Oc1ccc2c(=O)c(Oc3ccc4ccccc4c3)coc2c1)c1ccc(Cl)cc1Cl. The van der Waals surface area contributed by atoms with Gasteiger partial charge in [-0.3, -0.25) is 4.79 Å². The number of rotatable bonds is 4. The van der Waals surface area contributed by atoms with E-state index in [0.29, 0.717) is 10.8 Å². The summed E-state index contributed by atoms with van der Waals surface area (Å²) in [5.41, 5.74) is 0.0724. The molecule has 0 aliphatic rings. The largest absolute Gasteiger partial charge is 0.460 e. The normalized spacial score (nSPS) is 11.0. The third kappa shape index (κ3) is 4.29. The molecule has 1 aromatic heterocycles. The van der Waals surface area contributed by atoms with Crippen LogP contribution >= 0.6 is 23.2 Å². The Labute approximate surface area is 197 Å². The Hall–Kier alpha value is -3.80. The zero-order valence-electron chi connectivity index (χ0n) is 16.9. The first-order valence-electron chi connectivity index (χ1n) is 9.87. The van der Waals surface area contributed by atoms with Gasteiger partial charge in [-0.05, 0) is 53.2 Å². The molecule has 5 rings (SSSR count). The van der Waals surface area contributed by atoms with E-state index in [-0.39, 0.29) is 38.5 Å². The topological polar surface area (TPSA) is 65.7 Å². The molecule has 0 saturated heterocycles. The van der Waals surface area contributed by atoms with Gasteiger partial charge < -0.3 is 13.9 Å². The lowest BCUT2D eigenvalue weighted by molar-refractivity contribution is 0.0735. The van der Waals surface area contributed by atoms with Gasteiger partial charge in [0, 0.05) is 11.1 Å². The molecule has 4 aromatic carbocycles. The molecule has 5 nitrogen and oxygen atoms in total. The fourth-order valence-corrected chi connectivity index (χ4v) is 3.89. The molecular formula is C26H14Cl2O5. The van der Waals surface area contributed by atoms with Gasteiger partial charge in [0.1, 0.15) is 23.3 Å². The Kier molecular flexibility index (Phi) is 5.50. The Morgan fingerprint density at radius 3 is 2.42 bits per heavy atom. The Bertz CT molecular complexity index is 1590. The predicted molar refractivity (Wildman–Crippen MR) is 128 cm³/mol. The van der Waals surface area contributed by atoms with Gasteiger partial charge >= 0.3 is 5.97 Å². The first-order valence-corrected chi connectivity index (χ1v) is 10.6. The van der Waals surface area contributed by atoms with Crippen LogP contribution in [0.2, 0.25) is 10.0 Å². The number of carbonyl (C=O) groups excluding carboxylic acids is 1. The lowest BCUT2D eigenvalue weighted by Gasteiger charge is -2.08. The molecule has 33 heavy (non-hydrogen) atoms. The maximum absolute atomic E-state index is 12.9. The third-order valence-corrected chi connectivity index (χ3v) is 5.57. The summed E-state index contributed by atoms with van der Waals surface area (Å²) in [5.74, 6) is 0.112. The van der Waals surface area contributed by atoms with E-state index in [1.165, 1.54) is 36.6 Å². The van der Waals surface area contributed by atoms with Crippen LogP contribution < -0.4 is 14.9 Å². The van der Waals surface area contributed by atoms with Crippen molar-refractivity contribution in [2.45, 2.75) is 0 Å². The first kappa shape index (κ1) is 21.1. The molecule has 0 atom stereocenters. The van der Waals surface area contributed by atoms with Gasteiger partial charge in [-0.15, -0.1) is 0 Å². The molecule has 0 radical (unpaired) electrons. The summed E-state index contributed by atoms with van der Waals surface area (Å²) in [6.45, 7) is 0. The summed E-state index contributed by atoms with van der Waals surface area (Å²) in [4.78, 5) is 25.3. The van der Waals surface area contributed by atoms with Crippen molar-refractivity contribution < 1.29 is 18.7 Å². The molecule has 1 heterocycles. The van der Waals surface area contributed by atoms with Crippen molar-refractivity contribution in [1.82, 2.24) is 0 Å². The number of ether oxygens (including phenoxy) is 2. The van der Waals surface area contributed by atoms with Crippen LogP contribution in [-0.2, 0) is 0 Å². The molecule has 0 aliphatic carbocycles. The molecule has 0 bridgehead atoms. The fourth-order valence-electron chi connectivity index (χ4n) is 3.40. The van der Waals surface area contributed by atoms with Crippen molar-refractivity contribution in [3.8, 4) is 17.2 Å². The molecule has 162 valence electrons. The molecule has 0 saturated carbocycles. The van der Waals surface area contributed by atoms with Crippen molar-refractivity contribution >= 4 is 50.9 Å². The summed E-state index contributed by atoms with van der Waals surface area (Å²) in [6, 6.07) is 22.3. The summed E-state index contributed by atoms with van der Waals surface area (Å²) in [5, 5.41) is 2.93. The average molecular weight is 477 g/mol. The number of carbonyl (C=O) groups is 1.